The molecule has 2 aromatic carbocycles. The van der Waals surface area contributed by atoms with Crippen molar-refractivity contribution in [1.82, 2.24) is 4.90 Å². The molecule has 1 fully saturated rings. The predicted octanol–water partition coefficient (Wildman–Crippen LogP) is -0.125. The van der Waals surface area contributed by atoms with E-state index in [0.717, 1.165) is 10.3 Å². The maximum absolute atomic E-state index is 12.8. The van der Waals surface area contributed by atoms with Crippen LogP contribution in [-0.2, 0) is 4.74 Å². The number of ether oxygens (including phenoxy) is 1. The van der Waals surface area contributed by atoms with Gasteiger partial charge in [-0.2, -0.15) is 0 Å². The first-order valence-electron chi connectivity index (χ1n) is 7.56. The summed E-state index contributed by atoms with van der Waals surface area (Å²) in [6, 6.07) is 10.3. The summed E-state index contributed by atoms with van der Waals surface area (Å²) in [5.41, 5.74) is 0.667. The van der Waals surface area contributed by atoms with E-state index in [-0.39, 0.29) is 0 Å². The van der Waals surface area contributed by atoms with Gasteiger partial charge >= 0.3 is 0 Å². The van der Waals surface area contributed by atoms with Gasteiger partial charge in [-0.25, -0.2) is 4.90 Å². The Bertz CT molecular complexity index is 799. The number of aliphatic hydroxyl groups is 3. The Morgan fingerprint density at radius 3 is 2.04 bits per heavy atom. The van der Waals surface area contributed by atoms with Crippen molar-refractivity contribution in [3.8, 4) is 0 Å². The first kappa shape index (κ1) is 15.2. The number of nitrogens with zero attached hydrogens (tertiary/aromatic N) is 1. The van der Waals surface area contributed by atoms with Crippen molar-refractivity contribution in [3.05, 3.63) is 47.5 Å². The van der Waals surface area contributed by atoms with Gasteiger partial charge in [0.25, 0.3) is 11.8 Å². The molecule has 0 aliphatic carbocycles. The van der Waals surface area contributed by atoms with E-state index in [9.17, 15) is 24.9 Å². The lowest BCUT2D eigenvalue weighted by atomic mass is 9.93. The minimum atomic E-state index is -1.49. The van der Waals surface area contributed by atoms with Gasteiger partial charge in [0.2, 0.25) is 0 Å². The molecule has 0 radical (unpaired) electrons. The van der Waals surface area contributed by atoms with Gasteiger partial charge in [-0.15, -0.1) is 0 Å². The highest BCUT2D eigenvalue weighted by atomic mass is 16.6. The molecular formula is C17H15NO6. The lowest BCUT2D eigenvalue weighted by Gasteiger charge is -2.32. The van der Waals surface area contributed by atoms with Gasteiger partial charge in [0.05, 0.1) is 6.61 Å². The molecule has 2 aromatic rings. The number of carbonyl (C=O) groups is 2. The Balaban J connectivity index is 1.83. The van der Waals surface area contributed by atoms with Crippen LogP contribution in [0.4, 0.5) is 0 Å². The van der Waals surface area contributed by atoms with Gasteiger partial charge in [-0.05, 0) is 17.5 Å². The largest absolute Gasteiger partial charge is 0.394 e. The minimum Gasteiger partial charge on any atom is -0.394 e. The van der Waals surface area contributed by atoms with Crippen LogP contribution in [0.25, 0.3) is 10.8 Å². The lowest BCUT2D eigenvalue weighted by Crippen LogP contribution is -2.52. The van der Waals surface area contributed by atoms with Gasteiger partial charge in [-0.3, -0.25) is 9.59 Å². The van der Waals surface area contributed by atoms with E-state index in [1.54, 1.807) is 24.3 Å². The molecule has 2 amide bonds. The average Bonchev–Trinajstić information content (AvgIpc) is 2.88. The zero-order valence-corrected chi connectivity index (χ0v) is 12.5. The second-order valence-corrected chi connectivity index (χ2v) is 5.92. The molecule has 0 spiro atoms. The molecule has 1 saturated heterocycles. The maximum atomic E-state index is 12.8. The van der Waals surface area contributed by atoms with Gasteiger partial charge in [0, 0.05) is 16.5 Å². The Morgan fingerprint density at radius 2 is 1.54 bits per heavy atom. The quantitative estimate of drug-likeness (QED) is 0.663. The van der Waals surface area contributed by atoms with Crippen LogP contribution in [-0.4, -0.2) is 63.2 Å². The summed E-state index contributed by atoms with van der Waals surface area (Å²) in [6.07, 6.45) is -5.27. The molecule has 4 atom stereocenters. The van der Waals surface area contributed by atoms with Gasteiger partial charge in [0.1, 0.15) is 18.3 Å². The van der Waals surface area contributed by atoms with Crippen LogP contribution in [0.5, 0.6) is 0 Å². The number of imide groups is 1. The van der Waals surface area contributed by atoms with E-state index in [1.807, 2.05) is 12.1 Å². The van der Waals surface area contributed by atoms with E-state index in [1.165, 1.54) is 0 Å². The van der Waals surface area contributed by atoms with Gasteiger partial charge in [-0.1, -0.05) is 24.3 Å². The Labute approximate surface area is 136 Å². The standard InChI is InChI=1S/C17H15NO6/c19-7-11-13(20)14(21)17(24-11)18-15(22)9-5-1-3-8-4-2-6-10(12(8)9)16(18)23/h1-6,11,13-14,17,19-21H,7H2/t11-,13-,14+,17?/m1/s1. The van der Waals surface area contributed by atoms with E-state index in [2.05, 4.69) is 0 Å². The molecular weight excluding hydrogens is 314 g/mol. The first-order valence-corrected chi connectivity index (χ1v) is 7.56. The fourth-order valence-corrected chi connectivity index (χ4v) is 3.37. The fourth-order valence-electron chi connectivity index (χ4n) is 3.37. The second-order valence-electron chi connectivity index (χ2n) is 5.92. The van der Waals surface area contributed by atoms with E-state index in [4.69, 9.17) is 4.74 Å². The number of rotatable bonds is 2. The van der Waals surface area contributed by atoms with Crippen LogP contribution >= 0.6 is 0 Å². The summed E-state index contributed by atoms with van der Waals surface area (Å²) in [4.78, 5) is 26.5. The monoisotopic (exact) mass is 329 g/mol. The number of hydrogen-bond donors (Lipinski definition) is 3. The van der Waals surface area contributed by atoms with E-state index < -0.39 is 43.0 Å². The van der Waals surface area contributed by atoms with Crippen molar-refractivity contribution in [2.75, 3.05) is 6.61 Å². The third-order valence-electron chi connectivity index (χ3n) is 4.57. The van der Waals surface area contributed by atoms with Crippen molar-refractivity contribution in [2.24, 2.45) is 0 Å². The molecule has 0 aromatic heterocycles. The van der Waals surface area contributed by atoms with Crippen LogP contribution in [0.15, 0.2) is 36.4 Å². The van der Waals surface area contributed by atoms with Crippen molar-refractivity contribution >= 4 is 22.6 Å². The zero-order valence-electron chi connectivity index (χ0n) is 12.5. The first-order chi connectivity index (χ1) is 11.5. The Kier molecular flexibility index (Phi) is 3.40. The molecule has 4 rings (SSSR count). The second kappa shape index (κ2) is 5.35. The van der Waals surface area contributed by atoms with Gasteiger partial charge in [0.15, 0.2) is 6.23 Å². The van der Waals surface area contributed by atoms with Gasteiger partial charge < -0.3 is 20.1 Å². The molecule has 124 valence electrons. The Morgan fingerprint density at radius 1 is 0.958 bits per heavy atom. The zero-order chi connectivity index (χ0) is 17.0. The van der Waals surface area contributed by atoms with E-state index in [0.29, 0.717) is 16.5 Å². The number of amides is 2. The van der Waals surface area contributed by atoms with E-state index >= 15 is 0 Å². The molecule has 7 nitrogen and oxygen atoms in total. The van der Waals surface area contributed by atoms with Crippen molar-refractivity contribution in [1.29, 1.82) is 0 Å². The van der Waals surface area contributed by atoms with Crippen molar-refractivity contribution < 1.29 is 29.6 Å². The smallest absolute Gasteiger partial charge is 0.263 e. The van der Waals surface area contributed by atoms with Crippen LogP contribution < -0.4 is 0 Å². The number of aliphatic hydroxyl groups excluding tert-OH is 3. The molecule has 2 aliphatic rings. The van der Waals surface area contributed by atoms with Crippen LogP contribution in [0.1, 0.15) is 20.7 Å². The summed E-state index contributed by atoms with van der Waals surface area (Å²) >= 11 is 0. The normalized spacial score (nSPS) is 29.5. The summed E-state index contributed by atoms with van der Waals surface area (Å²) < 4.78 is 5.36. The predicted molar refractivity (Wildman–Crippen MR) is 82.2 cm³/mol. The van der Waals surface area contributed by atoms with Crippen LogP contribution in [0.3, 0.4) is 0 Å². The fraction of sp³-hybridized carbons (Fsp3) is 0.294. The molecule has 2 aliphatic heterocycles. The Hall–Kier alpha value is -2.32. The summed E-state index contributed by atoms with van der Waals surface area (Å²) in [7, 11) is 0. The molecule has 2 heterocycles. The third kappa shape index (κ3) is 1.93. The van der Waals surface area contributed by atoms with Crippen LogP contribution in [0.2, 0.25) is 0 Å². The highest BCUT2D eigenvalue weighted by Crippen LogP contribution is 2.34. The number of benzene rings is 2. The summed E-state index contributed by atoms with van der Waals surface area (Å²) in [5.74, 6) is -1.20. The topological polar surface area (TPSA) is 107 Å². The van der Waals surface area contributed by atoms with Crippen molar-refractivity contribution in [2.45, 2.75) is 24.5 Å². The lowest BCUT2D eigenvalue weighted by molar-refractivity contribution is -0.0724. The highest BCUT2D eigenvalue weighted by Gasteiger charge is 2.50. The summed E-state index contributed by atoms with van der Waals surface area (Å²) in [5, 5.41) is 30.6. The maximum Gasteiger partial charge on any atom is 0.263 e. The summed E-state index contributed by atoms with van der Waals surface area (Å²) in [6.45, 7) is -0.531. The number of hydrogen-bond acceptors (Lipinski definition) is 6. The minimum absolute atomic E-state index is 0.334. The molecule has 24 heavy (non-hydrogen) atoms. The molecule has 0 saturated carbocycles. The molecule has 7 heteroatoms. The van der Waals surface area contributed by atoms with Crippen molar-refractivity contribution in [3.63, 3.8) is 0 Å². The third-order valence-corrected chi connectivity index (χ3v) is 4.57. The van der Waals surface area contributed by atoms with Crippen LogP contribution in [0, 0.1) is 0 Å². The highest BCUT2D eigenvalue weighted by molar-refractivity contribution is 6.25. The SMILES string of the molecule is O=C1c2cccc3cccc(c23)C(=O)N1C1O[C@H](CO)[C@@H](O)[C@@H]1O. The number of carbonyl (C=O) groups excluding carboxylic acids is 2. The molecule has 3 N–H and O–H groups in total. The average molecular weight is 329 g/mol. The molecule has 0 bridgehead atoms. The molecule has 1 unspecified atom stereocenters.